The molecule has 4 aromatic rings. The number of anilines is 1. The van der Waals surface area contributed by atoms with Gasteiger partial charge in [0, 0.05) is 24.3 Å². The van der Waals surface area contributed by atoms with Crippen LogP contribution in [-0.2, 0) is 6.42 Å². The van der Waals surface area contributed by atoms with Crippen LogP contribution in [0.1, 0.15) is 15.9 Å². The number of carbonyl (C=O) groups is 1. The van der Waals surface area contributed by atoms with E-state index in [1.165, 1.54) is 0 Å². The number of aromatic amines is 1. The van der Waals surface area contributed by atoms with E-state index >= 15 is 0 Å². The molecule has 6 heteroatoms. The first-order chi connectivity index (χ1) is 12.3. The van der Waals surface area contributed by atoms with Gasteiger partial charge in [0.25, 0.3) is 5.91 Å². The molecule has 0 unspecified atom stereocenters. The fourth-order valence-electron chi connectivity index (χ4n) is 3.33. The van der Waals surface area contributed by atoms with Crippen LogP contribution in [0.3, 0.4) is 0 Å². The summed E-state index contributed by atoms with van der Waals surface area (Å²) >= 11 is 0. The minimum atomic E-state index is -0.0887. The summed E-state index contributed by atoms with van der Waals surface area (Å²) < 4.78 is 5.88. The number of furan rings is 1. The topological polar surface area (TPSA) is 75.0 Å². The van der Waals surface area contributed by atoms with E-state index in [0.717, 1.165) is 28.6 Å². The van der Waals surface area contributed by atoms with Crippen molar-refractivity contribution in [1.82, 2.24) is 15.2 Å². The minimum Gasteiger partial charge on any atom is -0.454 e. The van der Waals surface area contributed by atoms with E-state index in [-0.39, 0.29) is 5.91 Å². The number of fused-ring (bicyclic) bond motifs is 2. The van der Waals surface area contributed by atoms with Gasteiger partial charge in [0.05, 0.1) is 17.4 Å². The van der Waals surface area contributed by atoms with Crippen LogP contribution in [0.5, 0.6) is 0 Å². The number of carbonyl (C=O) groups excluding carboxylic acids is 1. The first kappa shape index (κ1) is 14.0. The molecule has 5 rings (SSSR count). The second-order valence-corrected chi connectivity index (χ2v) is 6.02. The summed E-state index contributed by atoms with van der Waals surface area (Å²) in [5, 5.41) is 7.97. The quantitative estimate of drug-likeness (QED) is 0.611. The second kappa shape index (κ2) is 5.31. The maximum absolute atomic E-state index is 13.1. The molecule has 122 valence electrons. The number of pyridine rings is 1. The van der Waals surface area contributed by atoms with Crippen molar-refractivity contribution in [3.63, 3.8) is 0 Å². The number of amides is 1. The average molecular weight is 330 g/mol. The number of H-pyrrole nitrogens is 1. The van der Waals surface area contributed by atoms with Crippen molar-refractivity contribution in [3.05, 3.63) is 66.1 Å². The lowest BCUT2D eigenvalue weighted by Crippen LogP contribution is -2.29. The molecule has 1 N–H and O–H groups in total. The molecular weight excluding hydrogens is 316 g/mol. The molecule has 1 aliphatic heterocycles. The van der Waals surface area contributed by atoms with Crippen LogP contribution < -0.4 is 4.90 Å². The van der Waals surface area contributed by atoms with Crippen molar-refractivity contribution in [2.75, 3.05) is 11.4 Å². The van der Waals surface area contributed by atoms with E-state index < -0.39 is 0 Å². The zero-order chi connectivity index (χ0) is 16.8. The zero-order valence-electron chi connectivity index (χ0n) is 13.3. The van der Waals surface area contributed by atoms with Crippen LogP contribution in [-0.4, -0.2) is 27.6 Å². The second-order valence-electron chi connectivity index (χ2n) is 6.02. The SMILES string of the molecule is O=C(c1cn[nH]c1-c1cc2ccccc2o1)N1CCc2cnccc21. The molecule has 25 heavy (non-hydrogen) atoms. The normalized spacial score (nSPS) is 13.4. The Balaban J connectivity index is 1.56. The van der Waals surface area contributed by atoms with E-state index in [2.05, 4.69) is 15.2 Å². The van der Waals surface area contributed by atoms with Gasteiger partial charge in [-0.05, 0) is 30.2 Å². The summed E-state index contributed by atoms with van der Waals surface area (Å²) in [5.74, 6) is 0.519. The number of hydrogen-bond acceptors (Lipinski definition) is 4. The largest absolute Gasteiger partial charge is 0.454 e. The summed E-state index contributed by atoms with van der Waals surface area (Å²) in [4.78, 5) is 19.0. The molecule has 0 spiro atoms. The minimum absolute atomic E-state index is 0.0887. The molecular formula is C19H14N4O2. The summed E-state index contributed by atoms with van der Waals surface area (Å²) in [6, 6.07) is 11.5. The number of aromatic nitrogens is 3. The third-order valence-corrected chi connectivity index (χ3v) is 4.56. The number of rotatable bonds is 2. The molecule has 1 amide bonds. The van der Waals surface area contributed by atoms with Crippen molar-refractivity contribution in [2.24, 2.45) is 0 Å². The van der Waals surface area contributed by atoms with E-state index in [0.29, 0.717) is 23.6 Å². The lowest BCUT2D eigenvalue weighted by molar-refractivity contribution is 0.0990. The Morgan fingerprint density at radius 1 is 1.20 bits per heavy atom. The maximum Gasteiger partial charge on any atom is 0.262 e. The van der Waals surface area contributed by atoms with Gasteiger partial charge in [0.1, 0.15) is 11.3 Å². The van der Waals surface area contributed by atoms with E-state index in [9.17, 15) is 4.79 Å². The number of para-hydroxylation sites is 1. The first-order valence-corrected chi connectivity index (χ1v) is 8.08. The lowest BCUT2D eigenvalue weighted by Gasteiger charge is -2.16. The van der Waals surface area contributed by atoms with Crippen LogP contribution >= 0.6 is 0 Å². The summed E-state index contributed by atoms with van der Waals surface area (Å²) in [6.45, 7) is 0.643. The van der Waals surface area contributed by atoms with Crippen LogP contribution in [0.15, 0.2) is 59.4 Å². The van der Waals surface area contributed by atoms with Crippen molar-refractivity contribution < 1.29 is 9.21 Å². The monoisotopic (exact) mass is 330 g/mol. The Hall–Kier alpha value is -3.41. The number of nitrogens with one attached hydrogen (secondary N) is 1. The Kier molecular flexibility index (Phi) is 2.97. The van der Waals surface area contributed by atoms with Crippen LogP contribution in [0, 0.1) is 0 Å². The Morgan fingerprint density at radius 2 is 2.12 bits per heavy atom. The van der Waals surface area contributed by atoms with Gasteiger partial charge in [-0.1, -0.05) is 18.2 Å². The number of benzene rings is 1. The molecule has 0 fully saturated rings. The molecule has 0 atom stereocenters. The number of nitrogens with zero attached hydrogens (tertiary/aromatic N) is 3. The molecule has 0 bridgehead atoms. The highest BCUT2D eigenvalue weighted by Crippen LogP contribution is 2.32. The van der Waals surface area contributed by atoms with Gasteiger partial charge >= 0.3 is 0 Å². The number of hydrogen-bond donors (Lipinski definition) is 1. The Morgan fingerprint density at radius 3 is 3.04 bits per heavy atom. The molecule has 0 saturated carbocycles. The summed E-state index contributed by atoms with van der Waals surface area (Å²) in [7, 11) is 0. The standard InChI is InChI=1S/C19H14N4O2/c24-19(23-8-6-13-10-20-7-5-15(13)23)14-11-21-22-18(14)17-9-12-3-1-2-4-16(12)25-17/h1-5,7,9-11H,6,8H2,(H,21,22). The molecule has 1 aromatic carbocycles. The molecule has 6 nitrogen and oxygen atoms in total. The van der Waals surface area contributed by atoms with Gasteiger partial charge < -0.3 is 9.32 Å². The Bertz CT molecular complexity index is 1060. The van der Waals surface area contributed by atoms with Crippen molar-refractivity contribution in [1.29, 1.82) is 0 Å². The lowest BCUT2D eigenvalue weighted by atomic mass is 10.1. The predicted molar refractivity (Wildman–Crippen MR) is 93.4 cm³/mol. The van der Waals surface area contributed by atoms with E-state index in [1.54, 1.807) is 17.3 Å². The van der Waals surface area contributed by atoms with E-state index in [1.807, 2.05) is 42.6 Å². The van der Waals surface area contributed by atoms with Crippen molar-refractivity contribution in [2.45, 2.75) is 6.42 Å². The third kappa shape index (κ3) is 2.15. The smallest absolute Gasteiger partial charge is 0.262 e. The van der Waals surface area contributed by atoms with Crippen LogP contribution in [0.4, 0.5) is 5.69 Å². The highest BCUT2D eigenvalue weighted by Gasteiger charge is 2.29. The first-order valence-electron chi connectivity index (χ1n) is 8.08. The van der Waals surface area contributed by atoms with Gasteiger partial charge in [0.2, 0.25) is 0 Å². The molecule has 4 heterocycles. The Labute approximate surface area is 143 Å². The van der Waals surface area contributed by atoms with Gasteiger partial charge in [-0.15, -0.1) is 0 Å². The summed E-state index contributed by atoms with van der Waals surface area (Å²) in [6.07, 6.45) is 5.90. The predicted octanol–water partition coefficient (Wildman–Crippen LogP) is 3.42. The van der Waals surface area contributed by atoms with Gasteiger partial charge in [-0.2, -0.15) is 5.10 Å². The van der Waals surface area contributed by atoms with Crippen LogP contribution in [0.2, 0.25) is 0 Å². The summed E-state index contributed by atoms with van der Waals surface area (Å²) in [5.41, 5.74) is 3.89. The molecule has 3 aromatic heterocycles. The van der Waals surface area contributed by atoms with Gasteiger partial charge in [-0.25, -0.2) is 0 Å². The molecule has 0 aliphatic carbocycles. The van der Waals surface area contributed by atoms with Crippen molar-refractivity contribution >= 4 is 22.6 Å². The third-order valence-electron chi connectivity index (χ3n) is 4.56. The maximum atomic E-state index is 13.1. The fourth-order valence-corrected chi connectivity index (χ4v) is 3.33. The van der Waals surface area contributed by atoms with Gasteiger partial charge in [-0.3, -0.25) is 14.9 Å². The zero-order valence-corrected chi connectivity index (χ0v) is 13.3. The van der Waals surface area contributed by atoms with Gasteiger partial charge in [0.15, 0.2) is 5.76 Å². The molecule has 0 radical (unpaired) electrons. The van der Waals surface area contributed by atoms with Crippen LogP contribution in [0.25, 0.3) is 22.4 Å². The van der Waals surface area contributed by atoms with Crippen molar-refractivity contribution in [3.8, 4) is 11.5 Å². The van der Waals surface area contributed by atoms with E-state index in [4.69, 9.17) is 4.42 Å². The molecule has 0 saturated heterocycles. The highest BCUT2D eigenvalue weighted by molar-refractivity contribution is 6.10. The molecule has 1 aliphatic rings. The average Bonchev–Trinajstić information content (AvgIpc) is 3.37. The highest BCUT2D eigenvalue weighted by atomic mass is 16.3. The fraction of sp³-hybridized carbons (Fsp3) is 0.105.